The largest absolute Gasteiger partial charge is 0.311 e. The third kappa shape index (κ3) is 2.27. The van der Waals surface area contributed by atoms with Crippen LogP contribution in [-0.2, 0) is 4.79 Å². The Morgan fingerprint density at radius 1 is 1.41 bits per heavy atom. The van der Waals surface area contributed by atoms with Crippen molar-refractivity contribution in [2.24, 2.45) is 5.92 Å². The molecule has 0 fully saturated rings. The van der Waals surface area contributed by atoms with Gasteiger partial charge < -0.3 is 4.90 Å². The first kappa shape index (κ1) is 12.3. The zero-order chi connectivity index (χ0) is 12.6. The molecule has 1 amide bonds. The molecule has 1 aromatic carbocycles. The molecule has 1 aliphatic heterocycles. The fourth-order valence-electron chi connectivity index (χ4n) is 1.98. The molecule has 0 saturated heterocycles. The van der Waals surface area contributed by atoms with Crippen LogP contribution in [-0.4, -0.2) is 18.2 Å². The lowest BCUT2D eigenvalue weighted by Crippen LogP contribution is -2.39. The van der Waals surface area contributed by atoms with Crippen LogP contribution in [0.25, 0.3) is 0 Å². The van der Waals surface area contributed by atoms with Crippen LogP contribution in [0.15, 0.2) is 22.7 Å². The molecule has 17 heavy (non-hydrogen) atoms. The lowest BCUT2D eigenvalue weighted by Gasteiger charge is -2.30. The van der Waals surface area contributed by atoms with E-state index in [1.54, 1.807) is 11.0 Å². The highest BCUT2D eigenvalue weighted by Gasteiger charge is 2.28. The summed E-state index contributed by atoms with van der Waals surface area (Å²) in [5.74, 6) is 0.120. The minimum Gasteiger partial charge on any atom is -0.311 e. The number of nitrogens with zero attached hydrogens (tertiary/aromatic N) is 1. The van der Waals surface area contributed by atoms with Crippen molar-refractivity contribution in [2.75, 3.05) is 11.4 Å². The normalized spacial score (nSPS) is 15.1. The Bertz CT molecular complexity index is 482. The van der Waals surface area contributed by atoms with E-state index in [-0.39, 0.29) is 17.6 Å². The average Bonchev–Trinajstić information content (AvgIpc) is 2.29. The molecule has 1 heterocycles. The zero-order valence-electron chi connectivity index (χ0n) is 9.87. The summed E-state index contributed by atoms with van der Waals surface area (Å²) < 4.78 is 0.864. The van der Waals surface area contributed by atoms with Gasteiger partial charge in [0.05, 0.1) is 5.69 Å². The third-order valence-corrected chi connectivity index (χ3v) is 3.37. The minimum atomic E-state index is -0.0558. The van der Waals surface area contributed by atoms with Crippen LogP contribution in [0.2, 0.25) is 0 Å². The van der Waals surface area contributed by atoms with Gasteiger partial charge in [-0.25, -0.2) is 0 Å². The number of rotatable bonds is 1. The number of halogens is 1. The molecule has 0 spiro atoms. The molecular formula is C13H14BrNO2. The van der Waals surface area contributed by atoms with Gasteiger partial charge >= 0.3 is 0 Å². The molecule has 90 valence electrons. The highest BCUT2D eigenvalue weighted by atomic mass is 79.9. The van der Waals surface area contributed by atoms with E-state index in [0.29, 0.717) is 18.5 Å². The first-order chi connectivity index (χ1) is 8.00. The van der Waals surface area contributed by atoms with Crippen LogP contribution in [0.3, 0.4) is 0 Å². The van der Waals surface area contributed by atoms with Gasteiger partial charge in [0.1, 0.15) is 0 Å². The number of fused-ring (bicyclic) bond motifs is 1. The number of ketones is 1. The summed E-state index contributed by atoms with van der Waals surface area (Å²) in [4.78, 5) is 25.6. The highest BCUT2D eigenvalue weighted by Crippen LogP contribution is 2.30. The Morgan fingerprint density at radius 3 is 2.76 bits per heavy atom. The van der Waals surface area contributed by atoms with E-state index in [1.807, 2.05) is 26.0 Å². The molecule has 3 nitrogen and oxygen atoms in total. The molecule has 0 saturated carbocycles. The molecule has 0 aliphatic carbocycles. The fraction of sp³-hybridized carbons (Fsp3) is 0.385. The van der Waals surface area contributed by atoms with E-state index in [0.717, 1.165) is 10.2 Å². The van der Waals surface area contributed by atoms with E-state index in [2.05, 4.69) is 15.9 Å². The number of hydrogen-bond acceptors (Lipinski definition) is 2. The number of amides is 1. The van der Waals surface area contributed by atoms with E-state index in [9.17, 15) is 9.59 Å². The lowest BCUT2D eigenvalue weighted by atomic mass is 9.99. The maximum Gasteiger partial charge on any atom is 0.229 e. The summed E-state index contributed by atoms with van der Waals surface area (Å²) in [6, 6.07) is 5.48. The van der Waals surface area contributed by atoms with E-state index in [1.165, 1.54) is 0 Å². The topological polar surface area (TPSA) is 37.4 Å². The summed E-state index contributed by atoms with van der Waals surface area (Å²) in [6.07, 6.45) is 0.405. The van der Waals surface area contributed by atoms with Crippen LogP contribution in [0.1, 0.15) is 30.6 Å². The van der Waals surface area contributed by atoms with Crippen LogP contribution < -0.4 is 4.90 Å². The van der Waals surface area contributed by atoms with Crippen molar-refractivity contribution in [3.05, 3.63) is 28.2 Å². The summed E-state index contributed by atoms with van der Waals surface area (Å²) in [5, 5.41) is 0. The predicted octanol–water partition coefficient (Wildman–Crippen LogP) is 3.02. The van der Waals surface area contributed by atoms with Crippen molar-refractivity contribution >= 4 is 33.3 Å². The molecule has 0 bridgehead atoms. The Balaban J connectivity index is 2.46. The SMILES string of the molecule is CC(C)C(=O)N1CCC(=O)c2cc(Br)ccc21. The molecule has 4 heteroatoms. The number of benzene rings is 1. The van der Waals surface area contributed by atoms with Crippen LogP contribution in [0, 0.1) is 5.92 Å². The number of Topliss-reactive ketones (excluding diaryl/α,β-unsaturated/α-hetero) is 1. The first-order valence-electron chi connectivity index (χ1n) is 5.65. The number of hydrogen-bond donors (Lipinski definition) is 0. The molecule has 0 radical (unpaired) electrons. The van der Waals surface area contributed by atoms with Gasteiger partial charge in [0.25, 0.3) is 0 Å². The standard InChI is InChI=1S/C13H14BrNO2/c1-8(2)13(17)15-6-5-12(16)10-7-9(14)3-4-11(10)15/h3-4,7-8H,5-6H2,1-2H3. The lowest BCUT2D eigenvalue weighted by molar-refractivity contribution is -0.121. The summed E-state index contributed by atoms with van der Waals surface area (Å²) in [7, 11) is 0. The van der Waals surface area contributed by atoms with Crippen LogP contribution in [0.4, 0.5) is 5.69 Å². The summed E-state index contributed by atoms with van der Waals surface area (Å²) >= 11 is 3.35. The zero-order valence-corrected chi connectivity index (χ0v) is 11.5. The Kier molecular flexibility index (Phi) is 3.33. The van der Waals surface area contributed by atoms with Gasteiger partial charge in [-0.2, -0.15) is 0 Å². The summed E-state index contributed by atoms with van der Waals surface area (Å²) in [5.41, 5.74) is 1.38. The second kappa shape index (κ2) is 4.61. The second-order valence-electron chi connectivity index (χ2n) is 4.48. The van der Waals surface area contributed by atoms with Gasteiger partial charge in [0.2, 0.25) is 5.91 Å². The Morgan fingerprint density at radius 2 is 2.12 bits per heavy atom. The number of carbonyl (C=O) groups excluding carboxylic acids is 2. The third-order valence-electron chi connectivity index (χ3n) is 2.87. The van der Waals surface area contributed by atoms with Crippen molar-refractivity contribution in [3.63, 3.8) is 0 Å². The molecule has 0 N–H and O–H groups in total. The van der Waals surface area contributed by atoms with Crippen molar-refractivity contribution in [1.29, 1.82) is 0 Å². The Labute approximate surface area is 109 Å². The summed E-state index contributed by atoms with van der Waals surface area (Å²) in [6.45, 7) is 4.24. The minimum absolute atomic E-state index is 0.0558. The number of carbonyl (C=O) groups is 2. The monoisotopic (exact) mass is 295 g/mol. The smallest absolute Gasteiger partial charge is 0.229 e. The van der Waals surface area contributed by atoms with Crippen molar-refractivity contribution in [2.45, 2.75) is 20.3 Å². The molecule has 1 aliphatic rings. The second-order valence-corrected chi connectivity index (χ2v) is 5.39. The van der Waals surface area contributed by atoms with Crippen LogP contribution in [0.5, 0.6) is 0 Å². The maximum absolute atomic E-state index is 12.1. The predicted molar refractivity (Wildman–Crippen MR) is 70.3 cm³/mol. The Hall–Kier alpha value is -1.16. The van der Waals surface area contributed by atoms with Crippen molar-refractivity contribution in [3.8, 4) is 0 Å². The van der Waals surface area contributed by atoms with E-state index >= 15 is 0 Å². The first-order valence-corrected chi connectivity index (χ1v) is 6.44. The van der Waals surface area contributed by atoms with Gasteiger partial charge in [-0.1, -0.05) is 29.8 Å². The molecule has 0 atom stereocenters. The van der Waals surface area contributed by atoms with Gasteiger partial charge in [0.15, 0.2) is 5.78 Å². The molecule has 0 aromatic heterocycles. The molecule has 0 unspecified atom stereocenters. The van der Waals surface area contributed by atoms with Crippen molar-refractivity contribution in [1.82, 2.24) is 0 Å². The number of anilines is 1. The van der Waals surface area contributed by atoms with Crippen molar-refractivity contribution < 1.29 is 9.59 Å². The van der Waals surface area contributed by atoms with Gasteiger partial charge in [-0.15, -0.1) is 0 Å². The van der Waals surface area contributed by atoms with Crippen LogP contribution >= 0.6 is 15.9 Å². The van der Waals surface area contributed by atoms with Gasteiger partial charge in [0, 0.05) is 28.9 Å². The molecule has 2 rings (SSSR count). The molecule has 1 aromatic rings. The maximum atomic E-state index is 12.1. The van der Waals surface area contributed by atoms with E-state index in [4.69, 9.17) is 0 Å². The van der Waals surface area contributed by atoms with Gasteiger partial charge in [-0.05, 0) is 18.2 Å². The van der Waals surface area contributed by atoms with E-state index < -0.39 is 0 Å². The fourth-order valence-corrected chi connectivity index (χ4v) is 2.34. The highest BCUT2D eigenvalue weighted by molar-refractivity contribution is 9.10. The molecular weight excluding hydrogens is 282 g/mol. The van der Waals surface area contributed by atoms with Gasteiger partial charge in [-0.3, -0.25) is 9.59 Å². The average molecular weight is 296 g/mol. The quantitative estimate of drug-likeness (QED) is 0.799.